The van der Waals surface area contributed by atoms with E-state index in [1.54, 1.807) is 0 Å². The third kappa shape index (κ3) is 6.80. The summed E-state index contributed by atoms with van der Waals surface area (Å²) in [5.41, 5.74) is 0. The maximum absolute atomic E-state index is 12.1. The number of methoxy groups -OCH3 is 1. The first kappa shape index (κ1) is 28.3. The highest BCUT2D eigenvalue weighted by atomic mass is 16.7. The summed E-state index contributed by atoms with van der Waals surface area (Å²) in [6.45, 7) is -0.187. The van der Waals surface area contributed by atoms with Gasteiger partial charge in [0.05, 0.1) is 25.7 Å². The van der Waals surface area contributed by atoms with Gasteiger partial charge in [-0.2, -0.15) is 0 Å². The van der Waals surface area contributed by atoms with Gasteiger partial charge in [0.25, 0.3) is 0 Å². The van der Waals surface area contributed by atoms with Gasteiger partial charge in [-0.3, -0.25) is 14.4 Å². The van der Waals surface area contributed by atoms with Gasteiger partial charge in [-0.05, 0) is 0 Å². The molecule has 2 saturated heterocycles. The molecule has 196 valence electrons. The lowest BCUT2D eigenvalue weighted by Gasteiger charge is -2.47. The molecule has 2 rings (SSSR count). The van der Waals surface area contributed by atoms with Crippen LogP contribution in [0.3, 0.4) is 0 Å². The first-order valence-corrected chi connectivity index (χ1v) is 10.6. The van der Waals surface area contributed by atoms with Crippen LogP contribution in [0.1, 0.15) is 19.8 Å². The first-order chi connectivity index (χ1) is 16.0. The fourth-order valence-electron chi connectivity index (χ4n) is 3.83. The Labute approximate surface area is 194 Å². The zero-order valence-corrected chi connectivity index (χ0v) is 18.6. The van der Waals surface area contributed by atoms with Crippen molar-refractivity contribution < 1.29 is 64.0 Å². The molecular formula is C19H32N2O13. The monoisotopic (exact) mass is 496 g/mol. The summed E-state index contributed by atoms with van der Waals surface area (Å²) in [6, 6.07) is -2.55. The van der Waals surface area contributed by atoms with Crippen LogP contribution >= 0.6 is 0 Å². The number of aliphatic hydroxyl groups is 5. The second-order valence-corrected chi connectivity index (χ2v) is 7.97. The normalized spacial score (nSPS) is 38.2. The Morgan fingerprint density at radius 2 is 1.47 bits per heavy atom. The van der Waals surface area contributed by atoms with E-state index in [1.807, 2.05) is 0 Å². The van der Waals surface area contributed by atoms with Crippen LogP contribution in [-0.2, 0) is 33.3 Å². The van der Waals surface area contributed by atoms with Crippen molar-refractivity contribution in [2.45, 2.75) is 81.1 Å². The Bertz CT molecular complexity index is 710. The lowest BCUT2D eigenvalue weighted by atomic mass is 9.94. The molecule has 10 atom stereocenters. The molecule has 2 aliphatic heterocycles. The van der Waals surface area contributed by atoms with Gasteiger partial charge in [0.2, 0.25) is 11.8 Å². The van der Waals surface area contributed by atoms with Crippen LogP contribution in [0.4, 0.5) is 0 Å². The lowest BCUT2D eigenvalue weighted by molar-refractivity contribution is -0.336. The molecule has 0 aromatic heterocycles. The summed E-state index contributed by atoms with van der Waals surface area (Å²) >= 11 is 0. The van der Waals surface area contributed by atoms with Crippen molar-refractivity contribution >= 4 is 17.8 Å². The molecule has 15 nitrogen and oxygen atoms in total. The zero-order valence-electron chi connectivity index (χ0n) is 18.6. The number of aliphatic hydroxyl groups excluding tert-OH is 5. The molecule has 2 fully saturated rings. The Kier molecular flexibility index (Phi) is 10.5. The van der Waals surface area contributed by atoms with Gasteiger partial charge in [0, 0.05) is 20.5 Å². The summed E-state index contributed by atoms with van der Waals surface area (Å²) in [5.74, 6) is -2.52. The molecule has 0 aromatic carbocycles. The minimum absolute atomic E-state index is 0.431. The van der Waals surface area contributed by atoms with Gasteiger partial charge in [-0.1, -0.05) is 0 Å². The van der Waals surface area contributed by atoms with Crippen molar-refractivity contribution in [3.05, 3.63) is 0 Å². The fourth-order valence-corrected chi connectivity index (χ4v) is 3.83. The van der Waals surface area contributed by atoms with Crippen molar-refractivity contribution in [2.24, 2.45) is 0 Å². The molecule has 15 heteroatoms. The topological polar surface area (TPSA) is 234 Å². The maximum atomic E-state index is 12.1. The Morgan fingerprint density at radius 3 is 2.00 bits per heavy atom. The number of ether oxygens (including phenoxy) is 4. The number of hydrogen-bond acceptors (Lipinski definition) is 12. The molecule has 34 heavy (non-hydrogen) atoms. The Balaban J connectivity index is 2.21. The molecule has 1 unspecified atom stereocenters. The largest absolute Gasteiger partial charge is 0.481 e. The smallest absolute Gasteiger partial charge is 0.303 e. The van der Waals surface area contributed by atoms with Crippen LogP contribution in [-0.4, -0.2) is 130 Å². The minimum Gasteiger partial charge on any atom is -0.481 e. The van der Waals surface area contributed by atoms with Crippen LogP contribution in [0.25, 0.3) is 0 Å². The molecule has 0 aliphatic carbocycles. The van der Waals surface area contributed by atoms with Crippen LogP contribution in [0, 0.1) is 0 Å². The van der Waals surface area contributed by atoms with Crippen molar-refractivity contribution in [1.82, 2.24) is 10.6 Å². The average molecular weight is 496 g/mol. The average Bonchev–Trinajstić information content (AvgIpc) is 2.79. The lowest BCUT2D eigenvalue weighted by Crippen LogP contribution is -2.69. The van der Waals surface area contributed by atoms with Gasteiger partial charge >= 0.3 is 5.97 Å². The standard InChI is InChI=1S/C19H32N2O13/c1-7(24)20-13-15(29)17(9(6-23)33-18(13)31-2)34-19-16(30)12(14(28)8(5-22)32-19)21-10(25)3-4-11(26)27/h8-9,12-19,22-23,28-30H,3-6H2,1-2H3,(H,20,24)(H,21,25)(H,26,27)/t8-,9-,12+,13-,14+,15-,16-,17-,18?,19+/m1/s1. The zero-order chi connectivity index (χ0) is 25.6. The Morgan fingerprint density at radius 1 is 0.853 bits per heavy atom. The van der Waals surface area contributed by atoms with E-state index in [-0.39, 0.29) is 0 Å². The molecule has 2 heterocycles. The number of carbonyl (C=O) groups is 3. The van der Waals surface area contributed by atoms with Gasteiger partial charge in [-0.15, -0.1) is 0 Å². The first-order valence-electron chi connectivity index (χ1n) is 10.6. The van der Waals surface area contributed by atoms with Gasteiger partial charge in [-0.25, -0.2) is 0 Å². The summed E-state index contributed by atoms with van der Waals surface area (Å²) in [5, 5.41) is 64.7. The molecule has 0 bridgehead atoms. The molecule has 8 N–H and O–H groups in total. The van der Waals surface area contributed by atoms with E-state index in [4.69, 9.17) is 24.1 Å². The quantitative estimate of drug-likeness (QED) is 0.142. The fraction of sp³-hybridized carbons (Fsp3) is 0.842. The maximum Gasteiger partial charge on any atom is 0.303 e. The number of carboxylic acids is 1. The highest BCUT2D eigenvalue weighted by Crippen LogP contribution is 2.29. The minimum atomic E-state index is -1.74. The second-order valence-electron chi connectivity index (χ2n) is 7.97. The van der Waals surface area contributed by atoms with Gasteiger partial charge in [0.15, 0.2) is 12.6 Å². The molecule has 0 aromatic rings. The molecular weight excluding hydrogens is 464 g/mol. The molecule has 2 amide bonds. The number of amides is 2. The second kappa shape index (κ2) is 12.7. The predicted octanol–water partition coefficient (Wildman–Crippen LogP) is -4.61. The van der Waals surface area contributed by atoms with Crippen molar-refractivity contribution in [3.63, 3.8) is 0 Å². The molecule has 2 aliphatic rings. The van der Waals surface area contributed by atoms with Crippen LogP contribution < -0.4 is 10.6 Å². The summed E-state index contributed by atoms with van der Waals surface area (Å²) < 4.78 is 21.7. The van der Waals surface area contributed by atoms with E-state index in [2.05, 4.69) is 10.6 Å². The molecule has 0 saturated carbocycles. The number of aliphatic carboxylic acids is 1. The third-order valence-corrected chi connectivity index (χ3v) is 5.52. The van der Waals surface area contributed by atoms with E-state index in [9.17, 15) is 39.9 Å². The van der Waals surface area contributed by atoms with Crippen LogP contribution in [0.15, 0.2) is 0 Å². The van der Waals surface area contributed by atoms with E-state index >= 15 is 0 Å². The summed E-state index contributed by atoms with van der Waals surface area (Å²) in [4.78, 5) is 34.3. The highest BCUT2D eigenvalue weighted by Gasteiger charge is 2.51. The molecule has 0 spiro atoms. The van der Waals surface area contributed by atoms with Crippen molar-refractivity contribution in [1.29, 1.82) is 0 Å². The number of rotatable bonds is 10. The van der Waals surface area contributed by atoms with Crippen molar-refractivity contribution in [3.8, 4) is 0 Å². The Hall–Kier alpha value is -1.95. The number of carbonyl (C=O) groups excluding carboxylic acids is 2. The van der Waals surface area contributed by atoms with Crippen LogP contribution in [0.2, 0.25) is 0 Å². The molecule has 0 radical (unpaired) electrons. The predicted molar refractivity (Wildman–Crippen MR) is 108 cm³/mol. The highest BCUT2D eigenvalue weighted by molar-refractivity contribution is 5.80. The van der Waals surface area contributed by atoms with Crippen LogP contribution in [0.5, 0.6) is 0 Å². The summed E-state index contributed by atoms with van der Waals surface area (Å²) in [6.07, 6.45) is -12.4. The van der Waals surface area contributed by atoms with E-state index in [0.29, 0.717) is 0 Å². The number of hydrogen-bond donors (Lipinski definition) is 8. The van der Waals surface area contributed by atoms with Gasteiger partial charge in [0.1, 0.15) is 42.7 Å². The SMILES string of the molecule is COC1O[C@H](CO)[C@@H](O[C@@H]2O[C@H](CO)[C@H](O)[C@H](NC(=O)CCC(=O)O)[C@H]2O)[C@H](O)[C@H]1NC(C)=O. The third-order valence-electron chi connectivity index (χ3n) is 5.52. The summed E-state index contributed by atoms with van der Waals surface area (Å²) in [7, 11) is 1.26. The van der Waals surface area contributed by atoms with E-state index in [0.717, 1.165) is 0 Å². The number of carboxylic acid groups (broad SMARTS) is 1. The van der Waals surface area contributed by atoms with Gasteiger partial charge < -0.3 is 60.2 Å². The van der Waals surface area contributed by atoms with E-state index < -0.39 is 105 Å². The van der Waals surface area contributed by atoms with Crippen molar-refractivity contribution in [2.75, 3.05) is 20.3 Å². The number of nitrogens with one attached hydrogen (secondary N) is 2. The van der Waals surface area contributed by atoms with E-state index in [1.165, 1.54) is 14.0 Å².